The normalized spacial score (nSPS) is 12.8. The highest BCUT2D eigenvalue weighted by molar-refractivity contribution is 9.10. The van der Waals surface area contributed by atoms with Crippen molar-refractivity contribution in [3.8, 4) is 0 Å². The first-order valence-electron chi connectivity index (χ1n) is 8.40. The second-order valence-corrected chi connectivity index (χ2v) is 7.33. The van der Waals surface area contributed by atoms with Crippen molar-refractivity contribution in [3.05, 3.63) is 57.6 Å². The van der Waals surface area contributed by atoms with Crippen LogP contribution in [0.3, 0.4) is 0 Å². The van der Waals surface area contributed by atoms with E-state index in [0.29, 0.717) is 25.1 Å². The average molecular weight is 401 g/mol. The number of nitrogens with one attached hydrogen (secondary N) is 1. The monoisotopic (exact) mass is 400 g/mol. The molecule has 0 saturated carbocycles. The van der Waals surface area contributed by atoms with Gasteiger partial charge in [-0.05, 0) is 43.0 Å². The molecule has 1 heterocycles. The number of aryl methyl sites for hydroxylation is 2. The van der Waals surface area contributed by atoms with Crippen molar-refractivity contribution in [2.24, 2.45) is 0 Å². The minimum Gasteiger partial charge on any atom is -0.324 e. The number of carbonyl (C=O) groups excluding carboxylic acids is 2. The van der Waals surface area contributed by atoms with Crippen LogP contribution in [0.25, 0.3) is 0 Å². The summed E-state index contributed by atoms with van der Waals surface area (Å²) in [6.07, 6.45) is 1.91. The lowest BCUT2D eigenvalue weighted by Gasteiger charge is -2.19. The molecule has 1 N–H and O–H groups in total. The van der Waals surface area contributed by atoms with E-state index in [4.69, 9.17) is 0 Å². The van der Waals surface area contributed by atoms with Crippen LogP contribution < -0.4 is 10.2 Å². The first-order valence-corrected chi connectivity index (χ1v) is 9.19. The van der Waals surface area contributed by atoms with E-state index >= 15 is 0 Å². The molecule has 3 rings (SSSR count). The Morgan fingerprint density at radius 1 is 1.24 bits per heavy atom. The van der Waals surface area contributed by atoms with Crippen LogP contribution in [0.2, 0.25) is 0 Å². The fourth-order valence-electron chi connectivity index (χ4n) is 3.26. The SMILES string of the molecule is CC(=O)N1CCc2cc(Br)cc(NC(=O)CCc3cccc(C)c3)c21. The molecule has 4 nitrogen and oxygen atoms in total. The summed E-state index contributed by atoms with van der Waals surface area (Å²) in [5.41, 5.74) is 4.96. The van der Waals surface area contributed by atoms with Gasteiger partial charge in [0.25, 0.3) is 0 Å². The van der Waals surface area contributed by atoms with E-state index in [9.17, 15) is 9.59 Å². The number of carbonyl (C=O) groups is 2. The first kappa shape index (κ1) is 17.7. The van der Waals surface area contributed by atoms with Gasteiger partial charge in [0.1, 0.15) is 0 Å². The number of fused-ring (bicyclic) bond motifs is 1. The Morgan fingerprint density at radius 3 is 2.76 bits per heavy atom. The zero-order chi connectivity index (χ0) is 18.0. The molecule has 2 aromatic rings. The standard InChI is InChI=1S/C20H21BrN2O2/c1-13-4-3-5-15(10-13)6-7-19(25)22-18-12-17(21)11-16-8-9-23(14(2)24)20(16)18/h3-5,10-12H,6-9H2,1-2H3,(H,22,25). The van der Waals surface area contributed by atoms with Crippen molar-refractivity contribution >= 4 is 39.1 Å². The molecule has 0 spiro atoms. The molecule has 0 aliphatic carbocycles. The predicted molar refractivity (Wildman–Crippen MR) is 104 cm³/mol. The lowest BCUT2D eigenvalue weighted by Crippen LogP contribution is -2.27. The maximum absolute atomic E-state index is 12.4. The molecule has 0 bridgehead atoms. The quantitative estimate of drug-likeness (QED) is 0.833. The predicted octanol–water partition coefficient (Wildman–Crippen LogP) is 4.24. The largest absolute Gasteiger partial charge is 0.324 e. The number of hydrogen-bond donors (Lipinski definition) is 1. The zero-order valence-corrected chi connectivity index (χ0v) is 16.0. The molecule has 1 aliphatic heterocycles. The van der Waals surface area contributed by atoms with Gasteiger partial charge in [0.2, 0.25) is 11.8 Å². The van der Waals surface area contributed by atoms with Crippen molar-refractivity contribution < 1.29 is 9.59 Å². The minimum atomic E-state index is -0.0443. The molecular weight excluding hydrogens is 380 g/mol. The van der Waals surface area contributed by atoms with Gasteiger partial charge in [-0.1, -0.05) is 45.8 Å². The molecule has 5 heteroatoms. The van der Waals surface area contributed by atoms with Crippen molar-refractivity contribution in [2.75, 3.05) is 16.8 Å². The highest BCUT2D eigenvalue weighted by Crippen LogP contribution is 2.38. The van der Waals surface area contributed by atoms with Gasteiger partial charge in [-0.3, -0.25) is 9.59 Å². The Balaban J connectivity index is 1.74. The highest BCUT2D eigenvalue weighted by Gasteiger charge is 2.26. The van der Waals surface area contributed by atoms with Crippen LogP contribution in [0.1, 0.15) is 30.0 Å². The van der Waals surface area contributed by atoms with Crippen molar-refractivity contribution in [1.29, 1.82) is 0 Å². The molecular formula is C20H21BrN2O2. The van der Waals surface area contributed by atoms with Crippen molar-refractivity contribution in [1.82, 2.24) is 0 Å². The fourth-order valence-corrected chi connectivity index (χ4v) is 3.76. The Hall–Kier alpha value is -2.14. The summed E-state index contributed by atoms with van der Waals surface area (Å²) in [6.45, 7) is 4.26. The molecule has 0 aromatic heterocycles. The molecule has 0 radical (unpaired) electrons. The summed E-state index contributed by atoms with van der Waals surface area (Å²) in [4.78, 5) is 26.0. The van der Waals surface area contributed by atoms with E-state index in [0.717, 1.165) is 27.7 Å². The van der Waals surface area contributed by atoms with Crippen LogP contribution >= 0.6 is 15.9 Å². The van der Waals surface area contributed by atoms with Gasteiger partial charge in [0, 0.05) is 24.4 Å². The maximum atomic E-state index is 12.4. The minimum absolute atomic E-state index is 0.00340. The van der Waals surface area contributed by atoms with E-state index in [1.807, 2.05) is 37.3 Å². The highest BCUT2D eigenvalue weighted by atomic mass is 79.9. The molecule has 0 saturated heterocycles. The molecule has 1 aliphatic rings. The van der Waals surface area contributed by atoms with E-state index < -0.39 is 0 Å². The molecule has 2 aromatic carbocycles. The lowest BCUT2D eigenvalue weighted by molar-refractivity contribution is -0.117. The number of halogens is 1. The summed E-state index contributed by atoms with van der Waals surface area (Å²) in [7, 11) is 0. The topological polar surface area (TPSA) is 49.4 Å². The lowest BCUT2D eigenvalue weighted by atomic mass is 10.1. The third-order valence-corrected chi connectivity index (χ3v) is 4.86. The van der Waals surface area contributed by atoms with E-state index in [1.165, 1.54) is 5.56 Å². The number of benzene rings is 2. The number of nitrogens with zero attached hydrogens (tertiary/aromatic N) is 1. The second-order valence-electron chi connectivity index (χ2n) is 6.42. The van der Waals surface area contributed by atoms with Gasteiger partial charge in [0.05, 0.1) is 11.4 Å². The van der Waals surface area contributed by atoms with Gasteiger partial charge in [0.15, 0.2) is 0 Å². The Labute approximate surface area is 156 Å². The molecule has 0 unspecified atom stereocenters. The summed E-state index contributed by atoms with van der Waals surface area (Å²) in [5.74, 6) is -0.0476. The molecule has 130 valence electrons. The number of anilines is 2. The molecule has 25 heavy (non-hydrogen) atoms. The maximum Gasteiger partial charge on any atom is 0.224 e. The van der Waals surface area contributed by atoms with E-state index in [1.54, 1.807) is 11.8 Å². The smallest absolute Gasteiger partial charge is 0.224 e. The van der Waals surface area contributed by atoms with Gasteiger partial charge >= 0.3 is 0 Å². The van der Waals surface area contributed by atoms with Gasteiger partial charge in [-0.25, -0.2) is 0 Å². The molecule has 0 atom stereocenters. The van der Waals surface area contributed by atoms with Crippen molar-refractivity contribution in [2.45, 2.75) is 33.1 Å². The number of amides is 2. The van der Waals surface area contributed by atoms with Crippen LogP contribution in [0.5, 0.6) is 0 Å². The number of rotatable bonds is 4. The zero-order valence-electron chi connectivity index (χ0n) is 14.4. The van der Waals surface area contributed by atoms with Crippen LogP contribution in [-0.2, 0) is 22.4 Å². The third-order valence-electron chi connectivity index (χ3n) is 4.41. The second kappa shape index (κ2) is 7.40. The van der Waals surface area contributed by atoms with Gasteiger partial charge < -0.3 is 10.2 Å². The molecule has 0 fully saturated rings. The number of hydrogen-bond acceptors (Lipinski definition) is 2. The molecule has 2 amide bonds. The van der Waals surface area contributed by atoms with Crippen LogP contribution in [0.4, 0.5) is 11.4 Å². The Morgan fingerprint density at radius 2 is 2.04 bits per heavy atom. The Bertz CT molecular complexity index is 832. The van der Waals surface area contributed by atoms with Gasteiger partial charge in [-0.15, -0.1) is 0 Å². The summed E-state index contributed by atoms with van der Waals surface area (Å²) >= 11 is 3.49. The summed E-state index contributed by atoms with van der Waals surface area (Å²) in [5, 5.41) is 2.99. The van der Waals surface area contributed by atoms with Crippen molar-refractivity contribution in [3.63, 3.8) is 0 Å². The fraction of sp³-hybridized carbons (Fsp3) is 0.300. The average Bonchev–Trinajstić information content (AvgIpc) is 2.97. The van der Waals surface area contributed by atoms with Crippen LogP contribution in [0, 0.1) is 6.92 Å². The summed E-state index contributed by atoms with van der Waals surface area (Å²) in [6, 6.07) is 12.1. The first-order chi connectivity index (χ1) is 11.9. The van der Waals surface area contributed by atoms with Gasteiger partial charge in [-0.2, -0.15) is 0 Å². The van der Waals surface area contributed by atoms with Crippen LogP contribution in [-0.4, -0.2) is 18.4 Å². The third kappa shape index (κ3) is 4.10. The van der Waals surface area contributed by atoms with E-state index in [-0.39, 0.29) is 11.8 Å². The van der Waals surface area contributed by atoms with E-state index in [2.05, 4.69) is 27.3 Å². The summed E-state index contributed by atoms with van der Waals surface area (Å²) < 4.78 is 0.908. The van der Waals surface area contributed by atoms with Crippen LogP contribution in [0.15, 0.2) is 40.9 Å². The Kier molecular flexibility index (Phi) is 5.23.